The van der Waals surface area contributed by atoms with Crippen LogP contribution in [0.4, 0.5) is 0 Å². The molecule has 0 aromatic carbocycles. The minimum Gasteiger partial charge on any atom is -0.467 e. The van der Waals surface area contributed by atoms with Crippen molar-refractivity contribution in [1.29, 1.82) is 0 Å². The highest BCUT2D eigenvalue weighted by atomic mass is 16.3. The number of carbonyl (C=O) groups is 1. The molecule has 4 heterocycles. The van der Waals surface area contributed by atoms with E-state index in [0.29, 0.717) is 12.1 Å². The lowest BCUT2D eigenvalue weighted by Gasteiger charge is -2.14. The predicted molar refractivity (Wildman–Crippen MR) is 111 cm³/mol. The van der Waals surface area contributed by atoms with E-state index in [4.69, 9.17) is 4.42 Å². The Bertz CT molecular complexity index is 1380. The summed E-state index contributed by atoms with van der Waals surface area (Å²) in [6.07, 6.45) is 3.06. The Kier molecular flexibility index (Phi) is 4.60. The number of fused-ring (bicyclic) bond motifs is 1. The van der Waals surface area contributed by atoms with Crippen molar-refractivity contribution >= 4 is 16.9 Å². The summed E-state index contributed by atoms with van der Waals surface area (Å²) in [6, 6.07) is 4.90. The fourth-order valence-corrected chi connectivity index (χ4v) is 3.86. The number of hydrogen-bond donors (Lipinski definition) is 0. The highest BCUT2D eigenvalue weighted by Gasteiger charge is 2.25. The van der Waals surface area contributed by atoms with Crippen molar-refractivity contribution in [3.63, 3.8) is 0 Å². The minimum absolute atomic E-state index is 0.135. The van der Waals surface area contributed by atoms with Gasteiger partial charge in [-0.15, -0.1) is 0 Å². The summed E-state index contributed by atoms with van der Waals surface area (Å²) in [5.41, 5.74) is 1.89. The summed E-state index contributed by atoms with van der Waals surface area (Å²) in [5.74, 6) is 0.665. The van der Waals surface area contributed by atoms with Gasteiger partial charge in [0.25, 0.3) is 5.56 Å². The molecule has 0 bridgehead atoms. The van der Waals surface area contributed by atoms with Gasteiger partial charge in [-0.3, -0.25) is 18.7 Å². The Morgan fingerprint density at radius 3 is 2.60 bits per heavy atom. The molecular weight excluding hydrogens is 386 g/mol. The number of Topliss-reactive ketones (excluding diaryl/α,β-unsaturated/α-hetero) is 1. The van der Waals surface area contributed by atoms with Gasteiger partial charge in [0.15, 0.2) is 16.9 Å². The molecule has 0 saturated heterocycles. The van der Waals surface area contributed by atoms with Gasteiger partial charge in [0.1, 0.15) is 5.76 Å². The van der Waals surface area contributed by atoms with Crippen LogP contribution < -0.4 is 11.2 Å². The lowest BCUT2D eigenvalue weighted by atomic mass is 10.1. The van der Waals surface area contributed by atoms with Crippen molar-refractivity contribution in [2.45, 2.75) is 33.4 Å². The van der Waals surface area contributed by atoms with Gasteiger partial charge in [-0.2, -0.15) is 0 Å². The average molecular weight is 409 g/mol. The van der Waals surface area contributed by atoms with Crippen molar-refractivity contribution in [3.05, 3.63) is 74.3 Å². The van der Waals surface area contributed by atoms with E-state index in [9.17, 15) is 14.4 Å². The van der Waals surface area contributed by atoms with Crippen LogP contribution in [0.2, 0.25) is 0 Å². The molecule has 0 spiro atoms. The second-order valence-electron chi connectivity index (χ2n) is 7.52. The number of furan rings is 1. The van der Waals surface area contributed by atoms with E-state index in [1.807, 2.05) is 36.6 Å². The van der Waals surface area contributed by atoms with Crippen molar-refractivity contribution in [1.82, 2.24) is 23.3 Å². The molecule has 156 valence electrons. The third-order valence-corrected chi connectivity index (χ3v) is 5.70. The van der Waals surface area contributed by atoms with E-state index in [1.165, 1.54) is 22.5 Å². The monoisotopic (exact) mass is 409 g/mol. The third-order valence-electron chi connectivity index (χ3n) is 5.70. The summed E-state index contributed by atoms with van der Waals surface area (Å²) < 4.78 is 11.3. The Morgan fingerprint density at radius 2 is 1.93 bits per heavy atom. The normalized spacial score (nSPS) is 12.6. The molecule has 9 heteroatoms. The van der Waals surface area contributed by atoms with Crippen LogP contribution in [0.15, 0.2) is 44.8 Å². The minimum atomic E-state index is -0.669. The molecular formula is C21H23N5O4. The molecule has 30 heavy (non-hydrogen) atoms. The molecule has 0 aliphatic rings. The lowest BCUT2D eigenvalue weighted by Crippen LogP contribution is -2.38. The van der Waals surface area contributed by atoms with Crippen LogP contribution in [0.25, 0.3) is 11.2 Å². The van der Waals surface area contributed by atoms with Gasteiger partial charge in [-0.1, -0.05) is 0 Å². The molecule has 4 rings (SSSR count). The summed E-state index contributed by atoms with van der Waals surface area (Å²) in [7, 11) is 2.96. The van der Waals surface area contributed by atoms with Crippen LogP contribution in [0.1, 0.15) is 40.5 Å². The molecule has 4 aromatic heterocycles. The SMILES string of the molecule is Cc1cc(C(=O)C(C)n2cnc3c2c(=O)n(C)c(=O)n3C)c(C)n1Cc1ccco1. The summed E-state index contributed by atoms with van der Waals surface area (Å²) in [4.78, 5) is 42.4. The topological polar surface area (TPSA) is 97.0 Å². The van der Waals surface area contributed by atoms with Gasteiger partial charge in [0, 0.05) is 31.0 Å². The highest BCUT2D eigenvalue weighted by Crippen LogP contribution is 2.24. The largest absolute Gasteiger partial charge is 0.467 e. The average Bonchev–Trinajstić information content (AvgIpc) is 3.45. The number of rotatable bonds is 5. The molecule has 4 aromatic rings. The molecule has 0 fully saturated rings. The van der Waals surface area contributed by atoms with Gasteiger partial charge in [0.2, 0.25) is 0 Å². The first-order chi connectivity index (χ1) is 14.2. The van der Waals surface area contributed by atoms with Gasteiger partial charge < -0.3 is 13.6 Å². The Labute approximate surface area is 171 Å². The number of imidazole rings is 1. The van der Waals surface area contributed by atoms with Gasteiger partial charge in [-0.05, 0) is 39.0 Å². The zero-order valence-electron chi connectivity index (χ0n) is 17.5. The van der Waals surface area contributed by atoms with Crippen molar-refractivity contribution in [2.75, 3.05) is 0 Å². The van der Waals surface area contributed by atoms with E-state index >= 15 is 0 Å². The van der Waals surface area contributed by atoms with Crippen molar-refractivity contribution in [3.8, 4) is 0 Å². The number of hydrogen-bond acceptors (Lipinski definition) is 5. The predicted octanol–water partition coefficient (Wildman–Crippen LogP) is 1.94. The molecule has 0 radical (unpaired) electrons. The van der Waals surface area contributed by atoms with Crippen LogP contribution in [0, 0.1) is 13.8 Å². The van der Waals surface area contributed by atoms with E-state index in [1.54, 1.807) is 20.2 Å². The van der Waals surface area contributed by atoms with E-state index in [2.05, 4.69) is 4.98 Å². The fraction of sp³-hybridized carbons (Fsp3) is 0.333. The molecule has 1 atom stereocenters. The first-order valence-electron chi connectivity index (χ1n) is 9.58. The highest BCUT2D eigenvalue weighted by molar-refractivity contribution is 6.00. The van der Waals surface area contributed by atoms with E-state index in [0.717, 1.165) is 21.7 Å². The number of ketones is 1. The number of carbonyl (C=O) groups excluding carboxylic acids is 1. The Morgan fingerprint density at radius 1 is 1.20 bits per heavy atom. The van der Waals surface area contributed by atoms with E-state index < -0.39 is 17.3 Å². The maximum Gasteiger partial charge on any atom is 0.332 e. The molecule has 9 nitrogen and oxygen atoms in total. The van der Waals surface area contributed by atoms with Crippen LogP contribution in [-0.4, -0.2) is 29.0 Å². The van der Waals surface area contributed by atoms with Crippen LogP contribution >= 0.6 is 0 Å². The standard InChI is InChI=1S/C21H23N5O4/c1-12-9-16(13(2)25(12)10-15-7-6-8-30-15)18(27)14(3)26-11-22-19-17(26)20(28)24(5)21(29)23(19)4/h6-9,11,14H,10H2,1-5H3. The van der Waals surface area contributed by atoms with Crippen LogP contribution in [-0.2, 0) is 20.6 Å². The second-order valence-corrected chi connectivity index (χ2v) is 7.52. The fourth-order valence-electron chi connectivity index (χ4n) is 3.86. The molecule has 0 aliphatic heterocycles. The van der Waals surface area contributed by atoms with Crippen LogP contribution in [0.5, 0.6) is 0 Å². The zero-order chi connectivity index (χ0) is 21.7. The maximum absolute atomic E-state index is 13.4. The first kappa shape index (κ1) is 19.7. The molecule has 0 saturated carbocycles. The number of aromatic nitrogens is 5. The van der Waals surface area contributed by atoms with E-state index in [-0.39, 0.29) is 16.9 Å². The smallest absolute Gasteiger partial charge is 0.332 e. The molecule has 0 amide bonds. The Hall–Kier alpha value is -3.62. The van der Waals surface area contributed by atoms with Crippen molar-refractivity contribution in [2.24, 2.45) is 14.1 Å². The third kappa shape index (κ3) is 2.85. The molecule has 0 N–H and O–H groups in total. The quantitative estimate of drug-likeness (QED) is 0.469. The lowest BCUT2D eigenvalue weighted by molar-refractivity contribution is 0.0936. The summed E-state index contributed by atoms with van der Waals surface area (Å²) in [5, 5.41) is 0. The number of aryl methyl sites for hydroxylation is 2. The Balaban J connectivity index is 1.77. The summed E-state index contributed by atoms with van der Waals surface area (Å²) >= 11 is 0. The van der Waals surface area contributed by atoms with Gasteiger partial charge >= 0.3 is 5.69 Å². The van der Waals surface area contributed by atoms with Gasteiger partial charge in [-0.25, -0.2) is 9.78 Å². The summed E-state index contributed by atoms with van der Waals surface area (Å²) in [6.45, 7) is 6.09. The van der Waals surface area contributed by atoms with Gasteiger partial charge in [0.05, 0.1) is 25.2 Å². The first-order valence-corrected chi connectivity index (χ1v) is 9.58. The zero-order valence-corrected chi connectivity index (χ0v) is 17.5. The van der Waals surface area contributed by atoms with Crippen LogP contribution in [0.3, 0.4) is 0 Å². The van der Waals surface area contributed by atoms with Crippen molar-refractivity contribution < 1.29 is 9.21 Å². The second kappa shape index (κ2) is 7.01. The number of nitrogens with zero attached hydrogens (tertiary/aromatic N) is 5. The maximum atomic E-state index is 13.4. The molecule has 1 unspecified atom stereocenters. The molecule has 0 aliphatic carbocycles.